The van der Waals surface area contributed by atoms with Gasteiger partial charge < -0.3 is 16.3 Å². The number of nitrogens with one attached hydrogen (secondary N) is 1. The van der Waals surface area contributed by atoms with Crippen molar-refractivity contribution in [1.82, 2.24) is 5.32 Å². The van der Waals surface area contributed by atoms with E-state index in [0.29, 0.717) is 18.0 Å². The standard InChI is InChI=1S/C15H22FN3O/c16-14-12(7-4-8-13(14)15(17)19-20)10-18-9-11-5-2-1-3-6-11/h4,7-8,11,18,20H,1-3,5-6,9-10H2,(H2,17,19). The summed E-state index contributed by atoms with van der Waals surface area (Å²) < 4.78 is 14.2. The number of benzene rings is 1. The van der Waals surface area contributed by atoms with Gasteiger partial charge in [0, 0.05) is 12.1 Å². The third-order valence-electron chi connectivity index (χ3n) is 3.94. The lowest BCUT2D eigenvalue weighted by Gasteiger charge is -2.22. The lowest BCUT2D eigenvalue weighted by atomic mass is 9.89. The fourth-order valence-electron chi connectivity index (χ4n) is 2.77. The van der Waals surface area contributed by atoms with Gasteiger partial charge in [0.1, 0.15) is 5.82 Å². The third kappa shape index (κ3) is 3.70. The molecule has 110 valence electrons. The van der Waals surface area contributed by atoms with E-state index >= 15 is 0 Å². The molecule has 1 fully saturated rings. The first kappa shape index (κ1) is 14.8. The van der Waals surface area contributed by atoms with Crippen molar-refractivity contribution >= 4 is 5.84 Å². The summed E-state index contributed by atoms with van der Waals surface area (Å²) in [6, 6.07) is 4.94. The molecule has 1 aromatic carbocycles. The van der Waals surface area contributed by atoms with Crippen LogP contribution >= 0.6 is 0 Å². The maximum absolute atomic E-state index is 14.2. The van der Waals surface area contributed by atoms with E-state index < -0.39 is 5.82 Å². The number of halogens is 1. The molecule has 4 N–H and O–H groups in total. The summed E-state index contributed by atoms with van der Waals surface area (Å²) in [6.45, 7) is 1.39. The first-order chi connectivity index (χ1) is 9.72. The second-order valence-electron chi connectivity index (χ2n) is 5.40. The molecule has 1 saturated carbocycles. The maximum Gasteiger partial charge on any atom is 0.173 e. The highest BCUT2D eigenvalue weighted by atomic mass is 19.1. The molecule has 1 aliphatic carbocycles. The Morgan fingerprint density at radius 3 is 2.80 bits per heavy atom. The number of hydrogen-bond acceptors (Lipinski definition) is 3. The number of nitrogens with two attached hydrogens (primary N) is 1. The monoisotopic (exact) mass is 279 g/mol. The molecule has 0 bridgehead atoms. The van der Waals surface area contributed by atoms with Crippen molar-refractivity contribution in [1.29, 1.82) is 0 Å². The lowest BCUT2D eigenvalue weighted by Crippen LogP contribution is -2.25. The number of hydrogen-bond donors (Lipinski definition) is 3. The molecular weight excluding hydrogens is 257 g/mol. The normalized spacial score (nSPS) is 17.4. The number of oxime groups is 1. The van der Waals surface area contributed by atoms with Gasteiger partial charge in [-0.2, -0.15) is 0 Å². The summed E-state index contributed by atoms with van der Waals surface area (Å²) in [5.41, 5.74) is 6.14. The molecule has 0 saturated heterocycles. The summed E-state index contributed by atoms with van der Waals surface area (Å²) >= 11 is 0. The average Bonchev–Trinajstić information content (AvgIpc) is 2.49. The molecule has 0 aromatic heterocycles. The molecule has 0 aliphatic heterocycles. The van der Waals surface area contributed by atoms with E-state index in [9.17, 15) is 4.39 Å². The van der Waals surface area contributed by atoms with Gasteiger partial charge in [-0.3, -0.25) is 0 Å². The van der Waals surface area contributed by atoms with Crippen LogP contribution in [0.5, 0.6) is 0 Å². The second-order valence-corrected chi connectivity index (χ2v) is 5.40. The molecule has 0 unspecified atom stereocenters. The third-order valence-corrected chi connectivity index (χ3v) is 3.94. The van der Waals surface area contributed by atoms with E-state index in [-0.39, 0.29) is 11.4 Å². The SMILES string of the molecule is N/C(=N/O)c1cccc(CNCC2CCCCC2)c1F. The first-order valence-corrected chi connectivity index (χ1v) is 7.18. The highest BCUT2D eigenvalue weighted by Crippen LogP contribution is 2.23. The Morgan fingerprint density at radius 1 is 1.35 bits per heavy atom. The van der Waals surface area contributed by atoms with Crippen LogP contribution in [0.15, 0.2) is 23.4 Å². The number of rotatable bonds is 5. The smallest absolute Gasteiger partial charge is 0.173 e. The van der Waals surface area contributed by atoms with E-state index in [1.165, 1.54) is 38.2 Å². The summed E-state index contributed by atoms with van der Waals surface area (Å²) in [5.74, 6) is 0.0923. The van der Waals surface area contributed by atoms with Crippen LogP contribution in [0.4, 0.5) is 4.39 Å². The molecule has 0 heterocycles. The molecule has 0 atom stereocenters. The molecular formula is C15H22FN3O. The largest absolute Gasteiger partial charge is 0.409 e. The van der Waals surface area contributed by atoms with Gasteiger partial charge >= 0.3 is 0 Å². The zero-order valence-electron chi connectivity index (χ0n) is 11.6. The molecule has 5 heteroatoms. The number of amidine groups is 1. The lowest BCUT2D eigenvalue weighted by molar-refractivity contribution is 0.318. The summed E-state index contributed by atoms with van der Waals surface area (Å²) in [4.78, 5) is 0. The van der Waals surface area contributed by atoms with Crippen molar-refractivity contribution in [2.24, 2.45) is 16.8 Å². The molecule has 1 aliphatic rings. The minimum atomic E-state index is -0.418. The van der Waals surface area contributed by atoms with E-state index in [1.54, 1.807) is 12.1 Å². The zero-order chi connectivity index (χ0) is 14.4. The van der Waals surface area contributed by atoms with E-state index in [1.807, 2.05) is 0 Å². The highest BCUT2D eigenvalue weighted by molar-refractivity contribution is 5.97. The Kier molecular flexibility index (Phi) is 5.35. The Hall–Kier alpha value is -1.62. The minimum Gasteiger partial charge on any atom is -0.409 e. The van der Waals surface area contributed by atoms with E-state index in [4.69, 9.17) is 10.9 Å². The van der Waals surface area contributed by atoms with Crippen LogP contribution < -0.4 is 11.1 Å². The molecule has 2 rings (SSSR count). The van der Waals surface area contributed by atoms with Crippen LogP contribution in [0.2, 0.25) is 0 Å². The van der Waals surface area contributed by atoms with Gasteiger partial charge in [0.25, 0.3) is 0 Å². The molecule has 1 aromatic rings. The Balaban J connectivity index is 1.92. The van der Waals surface area contributed by atoms with Crippen molar-refractivity contribution in [2.75, 3.05) is 6.54 Å². The Morgan fingerprint density at radius 2 is 2.10 bits per heavy atom. The highest BCUT2D eigenvalue weighted by Gasteiger charge is 2.14. The van der Waals surface area contributed by atoms with Crippen molar-refractivity contribution in [2.45, 2.75) is 38.6 Å². The molecule has 0 spiro atoms. The van der Waals surface area contributed by atoms with Crippen molar-refractivity contribution in [3.8, 4) is 0 Å². The quantitative estimate of drug-likeness (QED) is 0.336. The van der Waals surface area contributed by atoms with E-state index in [2.05, 4.69) is 10.5 Å². The molecule has 4 nitrogen and oxygen atoms in total. The predicted molar refractivity (Wildman–Crippen MR) is 77.2 cm³/mol. The van der Waals surface area contributed by atoms with Crippen LogP contribution in [-0.4, -0.2) is 17.6 Å². The van der Waals surface area contributed by atoms with Gasteiger partial charge in [-0.15, -0.1) is 0 Å². The van der Waals surface area contributed by atoms with Crippen molar-refractivity contribution in [3.05, 3.63) is 35.1 Å². The van der Waals surface area contributed by atoms with Crippen LogP contribution in [-0.2, 0) is 6.54 Å². The molecule has 0 amide bonds. The van der Waals surface area contributed by atoms with Crippen LogP contribution in [0, 0.1) is 11.7 Å². The van der Waals surface area contributed by atoms with Crippen molar-refractivity contribution < 1.29 is 9.60 Å². The van der Waals surface area contributed by atoms with Gasteiger partial charge in [0.15, 0.2) is 5.84 Å². The van der Waals surface area contributed by atoms with Gasteiger partial charge in [-0.25, -0.2) is 4.39 Å². The Labute approximate surface area is 118 Å². The molecule has 20 heavy (non-hydrogen) atoms. The van der Waals surface area contributed by atoms with Gasteiger partial charge in [-0.05, 0) is 31.4 Å². The minimum absolute atomic E-state index is 0.143. The molecule has 0 radical (unpaired) electrons. The fraction of sp³-hybridized carbons (Fsp3) is 0.533. The van der Waals surface area contributed by atoms with Gasteiger partial charge in [-0.1, -0.05) is 36.6 Å². The first-order valence-electron chi connectivity index (χ1n) is 7.18. The summed E-state index contributed by atoms with van der Waals surface area (Å²) in [6.07, 6.45) is 6.48. The fourth-order valence-corrected chi connectivity index (χ4v) is 2.77. The van der Waals surface area contributed by atoms with Gasteiger partial charge in [0.2, 0.25) is 0 Å². The summed E-state index contributed by atoms with van der Waals surface area (Å²) in [7, 11) is 0. The predicted octanol–water partition coefficient (Wildman–Crippen LogP) is 2.59. The maximum atomic E-state index is 14.2. The van der Waals surface area contributed by atoms with Crippen LogP contribution in [0.1, 0.15) is 43.2 Å². The topological polar surface area (TPSA) is 70.6 Å². The second kappa shape index (κ2) is 7.24. The van der Waals surface area contributed by atoms with Gasteiger partial charge in [0.05, 0.1) is 5.56 Å². The summed E-state index contributed by atoms with van der Waals surface area (Å²) in [5, 5.41) is 14.8. The average molecular weight is 279 g/mol. The zero-order valence-corrected chi connectivity index (χ0v) is 11.6. The van der Waals surface area contributed by atoms with Crippen LogP contribution in [0.25, 0.3) is 0 Å². The number of nitrogens with zero attached hydrogens (tertiary/aromatic N) is 1. The van der Waals surface area contributed by atoms with Crippen LogP contribution in [0.3, 0.4) is 0 Å². The van der Waals surface area contributed by atoms with E-state index in [0.717, 1.165) is 6.54 Å². The Bertz CT molecular complexity index is 470. The van der Waals surface area contributed by atoms with Crippen molar-refractivity contribution in [3.63, 3.8) is 0 Å².